The van der Waals surface area contributed by atoms with Crippen molar-refractivity contribution in [3.05, 3.63) is 27.5 Å². The minimum absolute atomic E-state index is 0.0806. The summed E-state index contributed by atoms with van der Waals surface area (Å²) in [6.07, 6.45) is 7.64. The van der Waals surface area contributed by atoms with E-state index in [4.69, 9.17) is 16.3 Å². The maximum absolute atomic E-state index is 9.32. The van der Waals surface area contributed by atoms with E-state index in [0.29, 0.717) is 10.7 Å². The number of aromatic nitrogens is 1. The van der Waals surface area contributed by atoms with Crippen LogP contribution in [0.15, 0.2) is 0 Å². The summed E-state index contributed by atoms with van der Waals surface area (Å²) in [5, 5.41) is 9.67. The molecule has 0 aromatic carbocycles. The molecule has 2 aliphatic rings. The van der Waals surface area contributed by atoms with Crippen LogP contribution in [0.3, 0.4) is 0 Å². The summed E-state index contributed by atoms with van der Waals surface area (Å²) in [6.45, 7) is 0.804. The van der Waals surface area contributed by atoms with Gasteiger partial charge in [0, 0.05) is 6.61 Å². The lowest BCUT2D eigenvalue weighted by Gasteiger charge is -2.18. The Morgan fingerprint density at radius 2 is 1.95 bits per heavy atom. The van der Waals surface area contributed by atoms with Gasteiger partial charge in [-0.05, 0) is 49.7 Å². The number of ether oxygens (including phenoxy) is 1. The van der Waals surface area contributed by atoms with E-state index in [0.717, 1.165) is 50.0 Å². The van der Waals surface area contributed by atoms with E-state index in [1.54, 1.807) is 0 Å². The van der Waals surface area contributed by atoms with Crippen LogP contribution in [0.2, 0.25) is 5.15 Å². The van der Waals surface area contributed by atoms with Crippen molar-refractivity contribution >= 4 is 11.6 Å². The van der Waals surface area contributed by atoms with Gasteiger partial charge in [0.15, 0.2) is 0 Å². The molecule has 0 unspecified atom stereocenters. The lowest BCUT2D eigenvalue weighted by molar-refractivity contribution is 0.108. The number of hydrogen-bond donors (Lipinski definition) is 0. The fourth-order valence-corrected chi connectivity index (χ4v) is 3.41. The molecule has 0 radical (unpaired) electrons. The summed E-state index contributed by atoms with van der Waals surface area (Å²) in [7, 11) is 0. The van der Waals surface area contributed by atoms with Gasteiger partial charge in [0.1, 0.15) is 11.2 Å². The number of nitriles is 1. The van der Waals surface area contributed by atoms with Crippen molar-refractivity contribution in [3.8, 4) is 6.07 Å². The van der Waals surface area contributed by atoms with Gasteiger partial charge in [0.2, 0.25) is 0 Å². The molecule has 2 heterocycles. The third-order valence-electron chi connectivity index (χ3n) is 4.10. The van der Waals surface area contributed by atoms with Gasteiger partial charge in [0.25, 0.3) is 0 Å². The quantitative estimate of drug-likeness (QED) is 0.580. The number of pyridine rings is 1. The molecule has 3 nitrogen and oxygen atoms in total. The Labute approximate surface area is 118 Å². The van der Waals surface area contributed by atoms with Gasteiger partial charge >= 0.3 is 0 Å². The summed E-state index contributed by atoms with van der Waals surface area (Å²) < 4.78 is 5.77. The zero-order valence-electron chi connectivity index (χ0n) is 10.9. The molecule has 0 spiro atoms. The van der Waals surface area contributed by atoms with Crippen LogP contribution in [0.5, 0.6) is 0 Å². The van der Waals surface area contributed by atoms with Gasteiger partial charge < -0.3 is 4.74 Å². The van der Waals surface area contributed by atoms with E-state index in [1.165, 1.54) is 18.4 Å². The predicted molar refractivity (Wildman–Crippen MR) is 73.1 cm³/mol. The van der Waals surface area contributed by atoms with Crippen molar-refractivity contribution < 1.29 is 4.74 Å². The van der Waals surface area contributed by atoms with Crippen LogP contribution < -0.4 is 0 Å². The second kappa shape index (κ2) is 5.48. The monoisotopic (exact) mass is 276 g/mol. The zero-order valence-corrected chi connectivity index (χ0v) is 11.7. The lowest BCUT2D eigenvalue weighted by atomic mass is 9.94. The Hall–Kier alpha value is -1.11. The van der Waals surface area contributed by atoms with Gasteiger partial charge in [-0.15, -0.1) is 0 Å². The first-order valence-corrected chi connectivity index (χ1v) is 7.42. The van der Waals surface area contributed by atoms with Crippen LogP contribution >= 0.6 is 11.6 Å². The maximum Gasteiger partial charge on any atom is 0.147 e. The van der Waals surface area contributed by atoms with Crippen molar-refractivity contribution in [2.24, 2.45) is 0 Å². The van der Waals surface area contributed by atoms with Crippen LogP contribution in [-0.4, -0.2) is 11.6 Å². The Kier molecular flexibility index (Phi) is 3.72. The molecule has 0 saturated carbocycles. The number of fused-ring (bicyclic) bond motifs is 1. The molecule has 1 aromatic heterocycles. The van der Waals surface area contributed by atoms with E-state index < -0.39 is 0 Å². The largest absolute Gasteiger partial charge is 0.372 e. The van der Waals surface area contributed by atoms with E-state index in [-0.39, 0.29) is 6.10 Å². The maximum atomic E-state index is 9.32. The average molecular weight is 277 g/mol. The first-order valence-electron chi connectivity index (χ1n) is 7.04. The second-order valence-electron chi connectivity index (χ2n) is 5.29. The molecule has 1 fully saturated rings. The second-order valence-corrected chi connectivity index (χ2v) is 5.65. The van der Waals surface area contributed by atoms with Crippen LogP contribution in [0.25, 0.3) is 0 Å². The number of nitrogens with zero attached hydrogens (tertiary/aromatic N) is 2. The first kappa shape index (κ1) is 12.9. The van der Waals surface area contributed by atoms with E-state index in [9.17, 15) is 5.26 Å². The molecule has 4 heteroatoms. The standard InChI is InChI=1S/C15H17ClN2O/c16-15-12(9-17)10-5-2-1-3-6-11(10)14(18-15)13-7-4-8-19-13/h13H,1-8H2/t13-/m0/s1. The number of halogens is 1. The topological polar surface area (TPSA) is 45.9 Å². The molecule has 1 atom stereocenters. The normalized spacial score (nSPS) is 22.6. The molecule has 0 amide bonds. The Morgan fingerprint density at radius 3 is 2.63 bits per heavy atom. The number of hydrogen-bond acceptors (Lipinski definition) is 3. The fourth-order valence-electron chi connectivity index (χ4n) is 3.17. The Morgan fingerprint density at radius 1 is 1.16 bits per heavy atom. The lowest BCUT2D eigenvalue weighted by Crippen LogP contribution is -2.10. The molecule has 1 aliphatic heterocycles. The third kappa shape index (κ3) is 2.35. The molecule has 0 N–H and O–H groups in total. The van der Waals surface area contributed by atoms with E-state index in [2.05, 4.69) is 11.1 Å². The van der Waals surface area contributed by atoms with Gasteiger partial charge in [-0.1, -0.05) is 18.0 Å². The van der Waals surface area contributed by atoms with Crippen molar-refractivity contribution in [2.75, 3.05) is 6.61 Å². The highest BCUT2D eigenvalue weighted by atomic mass is 35.5. The predicted octanol–water partition coefficient (Wildman–Crippen LogP) is 3.73. The van der Waals surface area contributed by atoms with Gasteiger partial charge in [0.05, 0.1) is 17.4 Å². The summed E-state index contributed by atoms with van der Waals surface area (Å²) in [5.74, 6) is 0. The van der Waals surface area contributed by atoms with Crippen molar-refractivity contribution in [1.82, 2.24) is 4.98 Å². The molecular weight excluding hydrogens is 260 g/mol. The van der Waals surface area contributed by atoms with Crippen LogP contribution in [0.4, 0.5) is 0 Å². The molecule has 3 rings (SSSR count). The van der Waals surface area contributed by atoms with E-state index in [1.807, 2.05) is 0 Å². The summed E-state index contributed by atoms with van der Waals surface area (Å²) >= 11 is 6.21. The van der Waals surface area contributed by atoms with Gasteiger partial charge in [-0.2, -0.15) is 5.26 Å². The van der Waals surface area contributed by atoms with Crippen LogP contribution in [-0.2, 0) is 17.6 Å². The molecule has 19 heavy (non-hydrogen) atoms. The smallest absolute Gasteiger partial charge is 0.147 e. The summed E-state index contributed by atoms with van der Waals surface area (Å²) in [4.78, 5) is 4.50. The highest BCUT2D eigenvalue weighted by molar-refractivity contribution is 6.30. The van der Waals surface area contributed by atoms with Crippen molar-refractivity contribution in [2.45, 2.75) is 51.0 Å². The fraction of sp³-hybridized carbons (Fsp3) is 0.600. The van der Waals surface area contributed by atoms with Crippen molar-refractivity contribution in [3.63, 3.8) is 0 Å². The Bertz CT molecular complexity index is 530. The molecule has 100 valence electrons. The molecule has 1 aliphatic carbocycles. The highest BCUT2D eigenvalue weighted by Gasteiger charge is 2.27. The molecule has 0 bridgehead atoms. The molecular formula is C15H17ClN2O. The summed E-state index contributed by atoms with van der Waals surface area (Å²) in [6, 6.07) is 2.23. The SMILES string of the molecule is N#Cc1c(Cl)nc([C@@H]2CCCO2)c2c1CCCCC2. The highest BCUT2D eigenvalue weighted by Crippen LogP contribution is 2.36. The molecule has 1 saturated heterocycles. The van der Waals surface area contributed by atoms with E-state index >= 15 is 0 Å². The molecule has 1 aromatic rings. The van der Waals surface area contributed by atoms with Crippen molar-refractivity contribution in [1.29, 1.82) is 5.26 Å². The third-order valence-corrected chi connectivity index (χ3v) is 4.37. The zero-order chi connectivity index (χ0) is 13.2. The van der Waals surface area contributed by atoms with Gasteiger partial charge in [-0.3, -0.25) is 0 Å². The minimum atomic E-state index is 0.0806. The van der Waals surface area contributed by atoms with Crippen LogP contribution in [0, 0.1) is 11.3 Å². The first-order chi connectivity index (χ1) is 9.31. The minimum Gasteiger partial charge on any atom is -0.372 e. The number of rotatable bonds is 1. The average Bonchev–Trinajstić information content (AvgIpc) is 2.83. The van der Waals surface area contributed by atoms with Crippen LogP contribution in [0.1, 0.15) is 60.6 Å². The summed E-state index contributed by atoms with van der Waals surface area (Å²) in [5.41, 5.74) is 3.95. The Balaban J connectivity index is 2.14. The van der Waals surface area contributed by atoms with Gasteiger partial charge in [-0.25, -0.2) is 4.98 Å².